The number of carbonyl (C=O) groups excluding carboxylic acids is 1. The second-order valence-corrected chi connectivity index (χ2v) is 3.62. The zero-order valence-corrected chi connectivity index (χ0v) is 10.6. The molecule has 2 atom stereocenters. The van der Waals surface area contributed by atoms with Crippen molar-refractivity contribution in [2.45, 2.75) is 39.2 Å². The van der Waals surface area contributed by atoms with Crippen LogP contribution in [-0.2, 0) is 14.4 Å². The van der Waals surface area contributed by atoms with E-state index in [1.165, 1.54) is 0 Å². The second-order valence-electron chi connectivity index (χ2n) is 3.62. The summed E-state index contributed by atoms with van der Waals surface area (Å²) in [5, 5.41) is 16.9. The number of carboxylic acids is 1. The maximum Gasteiger partial charge on any atom is 0.320 e. The molecule has 106 valence electrons. The van der Waals surface area contributed by atoms with E-state index in [0.29, 0.717) is 19.1 Å². The Labute approximate surface area is 105 Å². The van der Waals surface area contributed by atoms with E-state index in [9.17, 15) is 19.7 Å². The van der Waals surface area contributed by atoms with Crippen molar-refractivity contribution < 1.29 is 24.6 Å². The van der Waals surface area contributed by atoms with E-state index in [1.54, 1.807) is 0 Å². The van der Waals surface area contributed by atoms with Crippen molar-refractivity contribution in [3.05, 3.63) is 10.1 Å². The molecule has 0 spiro atoms. The molecule has 0 aromatic heterocycles. The van der Waals surface area contributed by atoms with Crippen LogP contribution < -0.4 is 5.73 Å². The van der Waals surface area contributed by atoms with Gasteiger partial charge in [-0.2, -0.15) is 0 Å². The fraction of sp³-hybridized carbons (Fsp3) is 0.800. The standard InChI is InChI=1S/C6H13NO2.C4H7NO4/c1-3-4(2)5(7)6(8)9;6-3-1-2-4-9-5(7)8/h4-5H,3,7H2,1-2H3,(H,8,9);3H,1-2,4H2. The molecule has 0 aromatic rings. The number of unbranched alkanes of at least 4 members (excludes halogenated alkanes) is 1. The third-order valence-electron chi connectivity index (χ3n) is 2.21. The summed E-state index contributed by atoms with van der Waals surface area (Å²) in [7, 11) is 0. The van der Waals surface area contributed by atoms with Gasteiger partial charge in [-0.3, -0.25) is 4.79 Å². The molecule has 8 heteroatoms. The molecule has 8 nitrogen and oxygen atoms in total. The van der Waals surface area contributed by atoms with Crippen LogP contribution in [-0.4, -0.2) is 35.1 Å². The quantitative estimate of drug-likeness (QED) is 0.284. The molecular weight excluding hydrogens is 244 g/mol. The Bertz CT molecular complexity index is 259. The fourth-order valence-electron chi connectivity index (χ4n) is 0.803. The van der Waals surface area contributed by atoms with Crippen LogP contribution in [0.15, 0.2) is 0 Å². The Morgan fingerprint density at radius 2 is 2.17 bits per heavy atom. The smallest absolute Gasteiger partial charge is 0.320 e. The molecule has 0 bridgehead atoms. The zero-order chi connectivity index (χ0) is 14.6. The number of carboxylic acid groups (broad SMARTS) is 1. The van der Waals surface area contributed by atoms with Gasteiger partial charge in [0.25, 0.3) is 5.09 Å². The minimum Gasteiger partial charge on any atom is -0.480 e. The van der Waals surface area contributed by atoms with Crippen LogP contribution in [0.25, 0.3) is 0 Å². The van der Waals surface area contributed by atoms with Gasteiger partial charge >= 0.3 is 5.97 Å². The van der Waals surface area contributed by atoms with Gasteiger partial charge in [-0.25, -0.2) is 0 Å². The molecule has 0 saturated heterocycles. The molecule has 0 fully saturated rings. The summed E-state index contributed by atoms with van der Waals surface area (Å²) < 4.78 is 0. The van der Waals surface area contributed by atoms with Gasteiger partial charge in [-0.15, -0.1) is 10.1 Å². The maximum absolute atomic E-state index is 10.2. The van der Waals surface area contributed by atoms with Crippen LogP contribution in [0.2, 0.25) is 0 Å². The van der Waals surface area contributed by atoms with Crippen molar-refractivity contribution in [1.29, 1.82) is 0 Å². The third kappa shape index (κ3) is 12.4. The average molecular weight is 264 g/mol. The first-order chi connectivity index (χ1) is 8.36. The number of carbonyl (C=O) groups is 2. The number of rotatable bonds is 8. The number of aldehydes is 1. The Hall–Kier alpha value is -1.70. The lowest BCUT2D eigenvalue weighted by molar-refractivity contribution is -0.757. The van der Waals surface area contributed by atoms with E-state index in [4.69, 9.17) is 10.8 Å². The Morgan fingerprint density at radius 3 is 2.44 bits per heavy atom. The average Bonchev–Trinajstić information content (AvgIpc) is 2.33. The normalized spacial score (nSPS) is 12.6. The predicted molar refractivity (Wildman–Crippen MR) is 63.3 cm³/mol. The molecular formula is C10H20N2O6. The molecule has 0 amide bonds. The largest absolute Gasteiger partial charge is 0.480 e. The number of hydrogen-bond acceptors (Lipinski definition) is 6. The van der Waals surface area contributed by atoms with Crippen molar-refractivity contribution in [2.75, 3.05) is 6.61 Å². The van der Waals surface area contributed by atoms with E-state index in [0.717, 1.165) is 6.42 Å². The van der Waals surface area contributed by atoms with E-state index in [1.807, 2.05) is 13.8 Å². The molecule has 18 heavy (non-hydrogen) atoms. The van der Waals surface area contributed by atoms with Gasteiger partial charge in [0.05, 0.1) is 6.61 Å². The molecule has 0 heterocycles. The van der Waals surface area contributed by atoms with Crippen molar-refractivity contribution in [3.63, 3.8) is 0 Å². The Balaban J connectivity index is 0. The van der Waals surface area contributed by atoms with Gasteiger partial charge in [0, 0.05) is 6.42 Å². The summed E-state index contributed by atoms with van der Waals surface area (Å²) in [6, 6.07) is -0.699. The lowest BCUT2D eigenvalue weighted by atomic mass is 10.0. The molecule has 0 aliphatic heterocycles. The Kier molecular flexibility index (Phi) is 12.2. The highest BCUT2D eigenvalue weighted by Crippen LogP contribution is 2.04. The first kappa shape index (κ1) is 18.7. The van der Waals surface area contributed by atoms with Gasteiger partial charge in [0.1, 0.15) is 12.3 Å². The SMILES string of the molecule is CCC(C)C(N)C(=O)O.O=CCCCO[N+](=O)[O-]. The summed E-state index contributed by atoms with van der Waals surface area (Å²) in [5.74, 6) is -0.841. The van der Waals surface area contributed by atoms with E-state index in [-0.39, 0.29) is 12.5 Å². The lowest BCUT2D eigenvalue weighted by Crippen LogP contribution is -2.36. The first-order valence-corrected chi connectivity index (χ1v) is 5.56. The van der Waals surface area contributed by atoms with Crippen molar-refractivity contribution >= 4 is 12.3 Å². The van der Waals surface area contributed by atoms with E-state index < -0.39 is 17.1 Å². The van der Waals surface area contributed by atoms with Gasteiger partial charge in [0.15, 0.2) is 0 Å². The molecule has 0 aliphatic carbocycles. The second kappa shape index (κ2) is 11.8. The van der Waals surface area contributed by atoms with Crippen LogP contribution >= 0.6 is 0 Å². The van der Waals surface area contributed by atoms with E-state index in [2.05, 4.69) is 4.84 Å². The van der Waals surface area contributed by atoms with Crippen molar-refractivity contribution in [1.82, 2.24) is 0 Å². The summed E-state index contributed by atoms with van der Waals surface area (Å²) in [4.78, 5) is 33.2. The topological polar surface area (TPSA) is 133 Å². The minimum atomic E-state index is -0.913. The first-order valence-electron chi connectivity index (χ1n) is 5.56. The monoisotopic (exact) mass is 264 g/mol. The molecule has 0 rings (SSSR count). The highest BCUT2D eigenvalue weighted by atomic mass is 16.9. The van der Waals surface area contributed by atoms with Crippen LogP contribution in [0.3, 0.4) is 0 Å². The summed E-state index contributed by atoms with van der Waals surface area (Å²) in [5.41, 5.74) is 5.27. The number of nitrogens with zero attached hydrogens (tertiary/aromatic N) is 1. The van der Waals surface area contributed by atoms with Gasteiger partial charge in [0.2, 0.25) is 0 Å². The number of nitrogens with two attached hydrogens (primary N) is 1. The third-order valence-corrected chi connectivity index (χ3v) is 2.21. The maximum atomic E-state index is 10.2. The van der Waals surface area contributed by atoms with Crippen LogP contribution in [0, 0.1) is 16.0 Å². The highest BCUT2D eigenvalue weighted by Gasteiger charge is 2.17. The molecule has 0 aromatic carbocycles. The van der Waals surface area contributed by atoms with Gasteiger partial charge in [-0.1, -0.05) is 20.3 Å². The Morgan fingerprint density at radius 1 is 1.61 bits per heavy atom. The number of aliphatic carboxylic acids is 1. The lowest BCUT2D eigenvalue weighted by Gasteiger charge is -2.11. The minimum absolute atomic E-state index is 0.00569. The summed E-state index contributed by atoms with van der Waals surface area (Å²) >= 11 is 0. The highest BCUT2D eigenvalue weighted by molar-refractivity contribution is 5.73. The van der Waals surface area contributed by atoms with Crippen LogP contribution in [0.1, 0.15) is 33.1 Å². The molecule has 2 unspecified atom stereocenters. The van der Waals surface area contributed by atoms with Crippen LogP contribution in [0.5, 0.6) is 0 Å². The fourth-order valence-corrected chi connectivity index (χ4v) is 0.803. The summed E-state index contributed by atoms with van der Waals surface area (Å²) in [6.07, 6.45) is 2.23. The molecule has 0 radical (unpaired) electrons. The van der Waals surface area contributed by atoms with Crippen LogP contribution in [0.4, 0.5) is 0 Å². The van der Waals surface area contributed by atoms with E-state index >= 15 is 0 Å². The van der Waals surface area contributed by atoms with Crippen molar-refractivity contribution in [2.24, 2.45) is 11.7 Å². The zero-order valence-electron chi connectivity index (χ0n) is 10.6. The van der Waals surface area contributed by atoms with Crippen molar-refractivity contribution in [3.8, 4) is 0 Å². The number of hydrogen-bond donors (Lipinski definition) is 2. The van der Waals surface area contributed by atoms with Gasteiger partial charge < -0.3 is 20.5 Å². The molecule has 0 saturated carbocycles. The van der Waals surface area contributed by atoms with Gasteiger partial charge in [-0.05, 0) is 12.3 Å². The molecule has 3 N–H and O–H groups in total. The molecule has 0 aliphatic rings. The summed E-state index contributed by atoms with van der Waals surface area (Å²) in [6.45, 7) is 3.76. The predicted octanol–water partition coefficient (Wildman–Crippen LogP) is 0.618.